The fourth-order valence-corrected chi connectivity index (χ4v) is 1.76. The highest BCUT2D eigenvalue weighted by Gasteiger charge is 2.12. The Labute approximate surface area is 104 Å². The van der Waals surface area contributed by atoms with Gasteiger partial charge in [-0.2, -0.15) is 0 Å². The van der Waals surface area contributed by atoms with Crippen LogP contribution < -0.4 is 0 Å². The van der Waals surface area contributed by atoms with Crippen molar-refractivity contribution in [2.24, 2.45) is 0 Å². The first-order chi connectivity index (χ1) is 8.66. The summed E-state index contributed by atoms with van der Waals surface area (Å²) in [7, 11) is 0. The van der Waals surface area contributed by atoms with Crippen LogP contribution in [-0.4, -0.2) is 10.1 Å². The molecule has 1 N–H and O–H groups in total. The summed E-state index contributed by atoms with van der Waals surface area (Å²) < 4.78 is 25.1. The zero-order chi connectivity index (χ0) is 13.0. The number of alkyl halides is 2. The maximum atomic E-state index is 12.5. The van der Waals surface area contributed by atoms with Gasteiger partial charge < -0.3 is 5.11 Å². The number of hydrogen-bond acceptors (Lipinski definition) is 2. The van der Waals surface area contributed by atoms with Crippen molar-refractivity contribution in [2.45, 2.75) is 19.0 Å². The average molecular weight is 249 g/mol. The van der Waals surface area contributed by atoms with E-state index in [2.05, 4.69) is 4.98 Å². The van der Waals surface area contributed by atoms with Crippen LogP contribution in [-0.2, 0) is 6.42 Å². The molecule has 2 nitrogen and oxygen atoms in total. The number of aliphatic hydroxyl groups excluding tert-OH is 1. The molecule has 2 aromatic rings. The van der Waals surface area contributed by atoms with Crippen LogP contribution in [0.2, 0.25) is 0 Å². The first-order valence-corrected chi connectivity index (χ1v) is 5.62. The molecular weight excluding hydrogens is 236 g/mol. The van der Waals surface area contributed by atoms with Gasteiger partial charge in [-0.1, -0.05) is 24.3 Å². The van der Waals surface area contributed by atoms with Gasteiger partial charge in [0.25, 0.3) is 6.43 Å². The van der Waals surface area contributed by atoms with E-state index in [4.69, 9.17) is 0 Å². The highest BCUT2D eigenvalue weighted by molar-refractivity contribution is 5.27. The lowest BCUT2D eigenvalue weighted by Gasteiger charge is -2.12. The molecular formula is C14H13F2NO. The van der Waals surface area contributed by atoms with Gasteiger partial charge in [0.15, 0.2) is 0 Å². The molecule has 0 fully saturated rings. The smallest absolute Gasteiger partial charge is 0.263 e. The summed E-state index contributed by atoms with van der Waals surface area (Å²) in [5, 5.41) is 10.0. The highest BCUT2D eigenvalue weighted by Crippen LogP contribution is 2.24. The molecule has 18 heavy (non-hydrogen) atoms. The van der Waals surface area contributed by atoms with Gasteiger partial charge in [-0.05, 0) is 23.3 Å². The molecule has 0 saturated carbocycles. The Morgan fingerprint density at radius 3 is 2.56 bits per heavy atom. The number of nitrogens with zero attached hydrogens (tertiary/aromatic N) is 1. The second-order valence-electron chi connectivity index (χ2n) is 4.05. The normalized spacial score (nSPS) is 12.7. The Hall–Kier alpha value is -1.81. The third kappa shape index (κ3) is 3.11. The van der Waals surface area contributed by atoms with Crippen molar-refractivity contribution in [1.82, 2.24) is 4.98 Å². The lowest BCUT2D eigenvalue weighted by Crippen LogP contribution is -2.02. The molecule has 1 heterocycles. The van der Waals surface area contributed by atoms with Gasteiger partial charge in [0.2, 0.25) is 0 Å². The Bertz CT molecular complexity index is 502. The fourth-order valence-electron chi connectivity index (χ4n) is 1.76. The number of benzene rings is 1. The number of pyridine rings is 1. The lowest BCUT2D eigenvalue weighted by molar-refractivity contribution is 0.149. The number of halogens is 2. The summed E-state index contributed by atoms with van der Waals surface area (Å²) in [4.78, 5) is 3.95. The summed E-state index contributed by atoms with van der Waals surface area (Å²) in [6.07, 6.45) is 0.344. The molecule has 4 heteroatoms. The molecule has 0 amide bonds. The summed E-state index contributed by atoms with van der Waals surface area (Å²) >= 11 is 0. The maximum absolute atomic E-state index is 12.5. The van der Waals surface area contributed by atoms with Crippen LogP contribution in [0.25, 0.3) is 0 Å². The van der Waals surface area contributed by atoms with E-state index in [0.29, 0.717) is 12.0 Å². The van der Waals surface area contributed by atoms with Crippen molar-refractivity contribution < 1.29 is 13.9 Å². The van der Waals surface area contributed by atoms with Gasteiger partial charge in [0, 0.05) is 24.4 Å². The first-order valence-electron chi connectivity index (χ1n) is 5.62. The summed E-state index contributed by atoms with van der Waals surface area (Å²) in [5.41, 5.74) is 1.29. The molecule has 2 rings (SSSR count). The van der Waals surface area contributed by atoms with Crippen molar-refractivity contribution in [3.05, 3.63) is 65.5 Å². The third-order valence-corrected chi connectivity index (χ3v) is 2.70. The zero-order valence-corrected chi connectivity index (χ0v) is 9.63. The van der Waals surface area contributed by atoms with E-state index in [1.54, 1.807) is 24.5 Å². The molecule has 1 aromatic carbocycles. The van der Waals surface area contributed by atoms with Gasteiger partial charge in [0.1, 0.15) is 0 Å². The zero-order valence-electron chi connectivity index (χ0n) is 9.63. The van der Waals surface area contributed by atoms with E-state index in [9.17, 15) is 13.9 Å². The number of rotatable bonds is 4. The van der Waals surface area contributed by atoms with Crippen LogP contribution in [0.1, 0.15) is 29.2 Å². The second kappa shape index (κ2) is 5.69. The van der Waals surface area contributed by atoms with E-state index < -0.39 is 12.5 Å². The van der Waals surface area contributed by atoms with E-state index >= 15 is 0 Å². The van der Waals surface area contributed by atoms with Crippen molar-refractivity contribution >= 4 is 0 Å². The molecule has 0 aliphatic rings. The molecule has 0 radical (unpaired) electrons. The van der Waals surface area contributed by atoms with Gasteiger partial charge in [0.05, 0.1) is 6.10 Å². The Morgan fingerprint density at radius 1 is 1.11 bits per heavy atom. The van der Waals surface area contributed by atoms with Gasteiger partial charge in [-0.3, -0.25) is 4.98 Å². The SMILES string of the molecule is OC(Cc1cccnc1)c1cccc(C(F)F)c1. The van der Waals surface area contributed by atoms with Crippen molar-refractivity contribution in [1.29, 1.82) is 0 Å². The molecule has 94 valence electrons. The molecule has 0 aliphatic heterocycles. The predicted molar refractivity (Wildman–Crippen MR) is 64.3 cm³/mol. The number of hydrogen-bond donors (Lipinski definition) is 1. The third-order valence-electron chi connectivity index (χ3n) is 2.70. The molecule has 0 aliphatic carbocycles. The lowest BCUT2D eigenvalue weighted by atomic mass is 10.0. The average Bonchev–Trinajstić information content (AvgIpc) is 2.40. The predicted octanol–water partition coefficient (Wildman–Crippen LogP) is 3.30. The molecule has 1 atom stereocenters. The van der Waals surface area contributed by atoms with Crippen LogP contribution in [0.5, 0.6) is 0 Å². The second-order valence-corrected chi connectivity index (χ2v) is 4.05. The topological polar surface area (TPSA) is 33.1 Å². The Kier molecular flexibility index (Phi) is 3.99. The van der Waals surface area contributed by atoms with E-state index in [-0.39, 0.29) is 5.56 Å². The van der Waals surface area contributed by atoms with E-state index in [0.717, 1.165) is 5.56 Å². The maximum Gasteiger partial charge on any atom is 0.263 e. The Balaban J connectivity index is 2.14. The standard InChI is InChI=1S/C14H13F2NO/c15-14(16)12-5-1-4-11(8-12)13(18)7-10-3-2-6-17-9-10/h1-6,8-9,13-14,18H,7H2. The minimum Gasteiger partial charge on any atom is -0.388 e. The molecule has 0 spiro atoms. The van der Waals surface area contributed by atoms with Crippen molar-refractivity contribution in [3.8, 4) is 0 Å². The van der Waals surface area contributed by atoms with Crippen LogP contribution >= 0.6 is 0 Å². The first kappa shape index (κ1) is 12.6. The summed E-state index contributed by atoms with van der Waals surface area (Å²) in [6.45, 7) is 0. The van der Waals surface area contributed by atoms with E-state index in [1.807, 2.05) is 6.07 Å². The molecule has 0 saturated heterocycles. The van der Waals surface area contributed by atoms with Crippen LogP contribution in [0.15, 0.2) is 48.8 Å². The molecule has 1 aromatic heterocycles. The number of aliphatic hydroxyl groups is 1. The van der Waals surface area contributed by atoms with Gasteiger partial charge >= 0.3 is 0 Å². The van der Waals surface area contributed by atoms with Crippen molar-refractivity contribution in [2.75, 3.05) is 0 Å². The van der Waals surface area contributed by atoms with Crippen LogP contribution in [0.4, 0.5) is 8.78 Å². The summed E-state index contributed by atoms with van der Waals surface area (Å²) in [5.74, 6) is 0. The van der Waals surface area contributed by atoms with Crippen LogP contribution in [0, 0.1) is 0 Å². The fraction of sp³-hybridized carbons (Fsp3) is 0.214. The van der Waals surface area contributed by atoms with Crippen molar-refractivity contribution in [3.63, 3.8) is 0 Å². The monoisotopic (exact) mass is 249 g/mol. The highest BCUT2D eigenvalue weighted by atomic mass is 19.3. The largest absolute Gasteiger partial charge is 0.388 e. The van der Waals surface area contributed by atoms with Crippen LogP contribution in [0.3, 0.4) is 0 Å². The molecule has 0 bridgehead atoms. The van der Waals surface area contributed by atoms with E-state index in [1.165, 1.54) is 18.2 Å². The quantitative estimate of drug-likeness (QED) is 0.901. The summed E-state index contributed by atoms with van der Waals surface area (Å²) in [6, 6.07) is 9.48. The molecule has 1 unspecified atom stereocenters. The van der Waals surface area contributed by atoms with Gasteiger partial charge in [-0.15, -0.1) is 0 Å². The Morgan fingerprint density at radius 2 is 1.89 bits per heavy atom. The minimum absolute atomic E-state index is 0.0715. The number of aromatic nitrogens is 1. The van der Waals surface area contributed by atoms with Gasteiger partial charge in [-0.25, -0.2) is 8.78 Å². The minimum atomic E-state index is -2.52.